The van der Waals surface area contributed by atoms with Crippen molar-refractivity contribution in [3.63, 3.8) is 0 Å². The minimum Gasteiger partial charge on any atom is -1.00 e. The highest BCUT2D eigenvalue weighted by Crippen LogP contribution is 2.37. The fourth-order valence-electron chi connectivity index (χ4n) is 10.0. The van der Waals surface area contributed by atoms with Crippen molar-refractivity contribution in [1.82, 2.24) is 10.2 Å². The van der Waals surface area contributed by atoms with E-state index >= 15 is 0 Å². The molecule has 2 N–H and O–H groups in total. The van der Waals surface area contributed by atoms with E-state index in [4.69, 9.17) is 4.74 Å². The van der Waals surface area contributed by atoms with E-state index in [1.54, 1.807) is 0 Å². The summed E-state index contributed by atoms with van der Waals surface area (Å²) < 4.78 is 7.33. The Kier molecular flexibility index (Phi) is 21.7. The third-order valence-electron chi connectivity index (χ3n) is 13.1. The van der Waals surface area contributed by atoms with Gasteiger partial charge in [-0.15, -0.1) is 0 Å². The first-order chi connectivity index (χ1) is 21.9. The summed E-state index contributed by atoms with van der Waals surface area (Å²) in [4.78, 5) is 2.53. The predicted molar refractivity (Wildman–Crippen MR) is 197 cm³/mol. The SMILES string of the molecule is CCC(O)CN1CC(CC)C(CCC2C[N+](C)(C)CC2CC)C1.CCC1CNCC1CCC1C[N+](C)(C)CC1CC.CCC1CO1.[Cl-].[Cl-]. The maximum atomic E-state index is 9.95. The zero-order chi connectivity index (χ0) is 33.9. The molecule has 0 aromatic rings. The molecule has 0 spiro atoms. The number of nitrogens with zero attached hydrogens (tertiary/aromatic N) is 3. The Morgan fingerprint density at radius 3 is 1.44 bits per heavy atom. The van der Waals surface area contributed by atoms with Crippen LogP contribution >= 0.6 is 0 Å². The molecule has 0 aromatic heterocycles. The molecule has 48 heavy (non-hydrogen) atoms. The van der Waals surface area contributed by atoms with E-state index in [0.717, 1.165) is 66.9 Å². The lowest BCUT2D eigenvalue weighted by atomic mass is 9.83. The van der Waals surface area contributed by atoms with Crippen LogP contribution in [-0.2, 0) is 4.74 Å². The van der Waals surface area contributed by atoms with Gasteiger partial charge in [-0.3, -0.25) is 0 Å². The molecule has 5 rings (SSSR count). The van der Waals surface area contributed by atoms with E-state index in [1.807, 2.05) is 0 Å². The molecule has 288 valence electrons. The van der Waals surface area contributed by atoms with E-state index in [0.29, 0.717) is 6.10 Å². The van der Waals surface area contributed by atoms with Crippen LogP contribution in [-0.4, -0.2) is 125 Å². The molecular weight excluding hydrogens is 639 g/mol. The van der Waals surface area contributed by atoms with Gasteiger partial charge in [-0.25, -0.2) is 0 Å². The van der Waals surface area contributed by atoms with Crippen molar-refractivity contribution >= 4 is 0 Å². The normalized spacial score (nSPS) is 35.4. The molecule has 5 aliphatic heterocycles. The maximum Gasteiger partial charge on any atom is 0.0816 e. The van der Waals surface area contributed by atoms with Gasteiger partial charge in [0.2, 0.25) is 0 Å². The van der Waals surface area contributed by atoms with Crippen molar-refractivity contribution < 1.29 is 43.6 Å². The summed E-state index contributed by atoms with van der Waals surface area (Å²) in [6.45, 7) is 26.1. The quantitative estimate of drug-likeness (QED) is 0.206. The molecular formula is C40H82Cl2N4O2. The van der Waals surface area contributed by atoms with Gasteiger partial charge in [0.05, 0.1) is 73.2 Å². The summed E-state index contributed by atoms with van der Waals surface area (Å²) in [6, 6.07) is 0. The Morgan fingerprint density at radius 1 is 0.604 bits per heavy atom. The molecule has 0 radical (unpaired) electrons. The first kappa shape index (κ1) is 46.4. The lowest BCUT2D eigenvalue weighted by Gasteiger charge is -2.24. The van der Waals surface area contributed by atoms with Crippen LogP contribution in [0.15, 0.2) is 0 Å². The Labute approximate surface area is 311 Å². The molecule has 0 aromatic carbocycles. The molecule has 10 atom stereocenters. The predicted octanol–water partition coefficient (Wildman–Crippen LogP) is 0.776. The van der Waals surface area contributed by atoms with E-state index in [2.05, 4.69) is 79.9 Å². The van der Waals surface area contributed by atoms with Crippen molar-refractivity contribution in [3.8, 4) is 0 Å². The monoisotopic (exact) mass is 721 g/mol. The summed E-state index contributed by atoms with van der Waals surface area (Å²) in [6.07, 6.45) is 13.7. The largest absolute Gasteiger partial charge is 1.00 e. The zero-order valence-corrected chi connectivity index (χ0v) is 34.9. The number of aliphatic hydroxyl groups is 1. The highest BCUT2D eigenvalue weighted by atomic mass is 35.5. The first-order valence-electron chi connectivity index (χ1n) is 20.2. The summed E-state index contributed by atoms with van der Waals surface area (Å²) in [5.41, 5.74) is 0. The van der Waals surface area contributed by atoms with Crippen LogP contribution < -0.4 is 30.1 Å². The number of nitrogens with one attached hydrogen (secondary N) is 1. The second kappa shape index (κ2) is 22.4. The molecule has 5 heterocycles. The minimum atomic E-state index is -0.136. The average molecular weight is 722 g/mol. The Bertz CT molecular complexity index is 844. The van der Waals surface area contributed by atoms with Gasteiger partial charge >= 0.3 is 0 Å². The summed E-state index contributed by atoms with van der Waals surface area (Å²) in [5, 5.41) is 13.5. The summed E-state index contributed by atoms with van der Waals surface area (Å²) in [7, 11) is 9.63. The van der Waals surface area contributed by atoms with E-state index in [9.17, 15) is 5.11 Å². The molecule has 5 saturated heterocycles. The van der Waals surface area contributed by atoms with Gasteiger partial charge in [0.15, 0.2) is 0 Å². The van der Waals surface area contributed by atoms with Crippen LogP contribution in [0.1, 0.15) is 106 Å². The van der Waals surface area contributed by atoms with Crippen molar-refractivity contribution in [2.45, 2.75) is 118 Å². The molecule has 0 saturated carbocycles. The van der Waals surface area contributed by atoms with Crippen LogP contribution in [0.2, 0.25) is 0 Å². The highest BCUT2D eigenvalue weighted by Gasteiger charge is 2.41. The third-order valence-corrected chi connectivity index (χ3v) is 13.1. The lowest BCUT2D eigenvalue weighted by molar-refractivity contribution is -0.880. The van der Waals surface area contributed by atoms with E-state index < -0.39 is 0 Å². The highest BCUT2D eigenvalue weighted by molar-refractivity contribution is 4.86. The number of aliphatic hydroxyl groups excluding tert-OH is 1. The van der Waals surface area contributed by atoms with Gasteiger partial charge < -0.3 is 53.8 Å². The number of rotatable bonds is 14. The van der Waals surface area contributed by atoms with Gasteiger partial charge in [0, 0.05) is 43.3 Å². The molecule has 5 fully saturated rings. The molecule has 10 unspecified atom stereocenters. The Morgan fingerprint density at radius 2 is 1.02 bits per heavy atom. The number of ether oxygens (including phenoxy) is 1. The zero-order valence-electron chi connectivity index (χ0n) is 33.4. The number of β-amino-alcohol motifs (C(OH)–C–C–N with tert-alkyl or cyclic N) is 1. The fraction of sp³-hybridized carbons (Fsp3) is 1.00. The Balaban J connectivity index is 0.000000410. The second-order valence-electron chi connectivity index (χ2n) is 17.8. The number of likely N-dealkylation sites (tertiary alicyclic amines) is 3. The summed E-state index contributed by atoms with van der Waals surface area (Å²) in [5.74, 6) is 7.46. The van der Waals surface area contributed by atoms with Gasteiger partial charge in [0.25, 0.3) is 0 Å². The molecule has 0 amide bonds. The van der Waals surface area contributed by atoms with Crippen LogP contribution in [0.4, 0.5) is 0 Å². The standard InChI is InChI=1S/C20H41N2O.C16H33N2.C4H8O.2ClH/c1-6-16-11-21(13-20(23)8-3)12-18(16)9-10-19-15-22(4,5)14-17(19)7-2;1-5-13-9-17-10-15(13)7-8-16-12-18(3,4)11-14(16)6-2;1-2-4-3-5-4;;/h16-20,23H,6-15H2,1-5H3;13-17H,5-12H2,1-4H3;4H,2-3H2,1H3;2*1H/q2*+1;;;/p-2. The fourth-order valence-corrected chi connectivity index (χ4v) is 10.0. The molecule has 8 heteroatoms. The summed E-state index contributed by atoms with van der Waals surface area (Å²) >= 11 is 0. The number of epoxide rings is 1. The third kappa shape index (κ3) is 15.1. The van der Waals surface area contributed by atoms with Crippen molar-refractivity contribution in [1.29, 1.82) is 0 Å². The number of quaternary nitrogens is 2. The molecule has 6 nitrogen and oxygen atoms in total. The number of halogens is 2. The molecule has 0 bridgehead atoms. The lowest BCUT2D eigenvalue weighted by Crippen LogP contribution is -3.00. The van der Waals surface area contributed by atoms with Crippen LogP contribution in [0.25, 0.3) is 0 Å². The van der Waals surface area contributed by atoms with E-state index in [-0.39, 0.29) is 30.9 Å². The number of hydrogen-bond donors (Lipinski definition) is 2. The smallest absolute Gasteiger partial charge is 0.0816 e. The van der Waals surface area contributed by atoms with Crippen molar-refractivity contribution in [2.75, 3.05) is 93.7 Å². The topological polar surface area (TPSA) is 48.0 Å². The van der Waals surface area contributed by atoms with Gasteiger partial charge in [0.1, 0.15) is 0 Å². The van der Waals surface area contributed by atoms with Gasteiger partial charge in [-0.1, -0.05) is 54.4 Å². The van der Waals surface area contributed by atoms with Crippen LogP contribution in [0, 0.1) is 47.3 Å². The maximum absolute atomic E-state index is 9.95. The van der Waals surface area contributed by atoms with Crippen molar-refractivity contribution in [3.05, 3.63) is 0 Å². The second-order valence-corrected chi connectivity index (χ2v) is 17.8. The Hall–Kier alpha value is 0.340. The van der Waals surface area contributed by atoms with Gasteiger partial charge in [-0.2, -0.15) is 0 Å². The van der Waals surface area contributed by atoms with E-state index in [1.165, 1.54) is 119 Å². The van der Waals surface area contributed by atoms with Crippen LogP contribution in [0.3, 0.4) is 0 Å². The van der Waals surface area contributed by atoms with Crippen LogP contribution in [0.5, 0.6) is 0 Å². The first-order valence-corrected chi connectivity index (χ1v) is 20.2. The minimum absolute atomic E-state index is 0. The molecule has 5 aliphatic rings. The van der Waals surface area contributed by atoms with Gasteiger partial charge in [-0.05, 0) is 88.1 Å². The molecule has 0 aliphatic carbocycles. The number of hydrogen-bond acceptors (Lipinski definition) is 4. The van der Waals surface area contributed by atoms with Crippen molar-refractivity contribution in [2.24, 2.45) is 47.3 Å². The average Bonchev–Trinajstić information content (AvgIpc) is 3.33.